The van der Waals surface area contributed by atoms with Crippen molar-refractivity contribution in [1.29, 1.82) is 0 Å². The molecule has 0 bridgehead atoms. The Bertz CT molecular complexity index is 511. The van der Waals surface area contributed by atoms with Gasteiger partial charge in [0.05, 0.1) is 5.52 Å². The zero-order valence-electron chi connectivity index (χ0n) is 8.62. The molecule has 0 aliphatic heterocycles. The summed E-state index contributed by atoms with van der Waals surface area (Å²) >= 11 is 0. The highest BCUT2D eigenvalue weighted by Crippen LogP contribution is 2.13. The molecule has 1 atom stereocenters. The molecule has 4 nitrogen and oxygen atoms in total. The molecular formula is C11H14N2O2. The molecule has 1 unspecified atom stereocenters. The first kappa shape index (κ1) is 9.98. The highest BCUT2D eigenvalue weighted by Gasteiger charge is 2.02. The van der Waals surface area contributed by atoms with Gasteiger partial charge in [0.1, 0.15) is 0 Å². The van der Waals surface area contributed by atoms with E-state index < -0.39 is 5.76 Å². The summed E-state index contributed by atoms with van der Waals surface area (Å²) < 4.78 is 4.91. The summed E-state index contributed by atoms with van der Waals surface area (Å²) in [5, 5.41) is 0. The quantitative estimate of drug-likeness (QED) is 0.797. The van der Waals surface area contributed by atoms with Crippen LogP contribution < -0.4 is 11.5 Å². The zero-order chi connectivity index (χ0) is 10.8. The Labute approximate surface area is 87.1 Å². The first-order valence-corrected chi connectivity index (χ1v) is 5.02. The summed E-state index contributed by atoms with van der Waals surface area (Å²) in [4.78, 5) is 13.6. The van der Waals surface area contributed by atoms with Crippen LogP contribution in [0.25, 0.3) is 11.1 Å². The van der Waals surface area contributed by atoms with Crippen molar-refractivity contribution in [2.24, 2.45) is 5.73 Å². The standard InChI is InChI=1S/C11H14N2O2/c1-7(12)2-3-8-4-5-10-9(6-8)13-11(14)15-10/h4-7H,2-3,12H2,1H3,(H,13,14). The van der Waals surface area contributed by atoms with Crippen LogP contribution in [-0.4, -0.2) is 11.0 Å². The second kappa shape index (κ2) is 3.90. The van der Waals surface area contributed by atoms with Crippen LogP contribution in [0.5, 0.6) is 0 Å². The fourth-order valence-electron chi connectivity index (χ4n) is 1.55. The molecule has 15 heavy (non-hydrogen) atoms. The molecule has 3 N–H and O–H groups in total. The maximum absolute atomic E-state index is 10.9. The molecule has 2 aromatic rings. The van der Waals surface area contributed by atoms with Gasteiger partial charge >= 0.3 is 5.76 Å². The van der Waals surface area contributed by atoms with Crippen molar-refractivity contribution in [3.8, 4) is 0 Å². The molecule has 0 spiro atoms. The minimum absolute atomic E-state index is 0.198. The Hall–Kier alpha value is -1.55. The average molecular weight is 206 g/mol. The lowest BCUT2D eigenvalue weighted by molar-refractivity contribution is 0.555. The number of aromatic amines is 1. The van der Waals surface area contributed by atoms with Gasteiger partial charge in [-0.05, 0) is 37.5 Å². The van der Waals surface area contributed by atoms with Gasteiger partial charge in [0.15, 0.2) is 5.58 Å². The number of aromatic nitrogens is 1. The highest BCUT2D eigenvalue weighted by atomic mass is 16.4. The average Bonchev–Trinajstić information content (AvgIpc) is 2.53. The minimum Gasteiger partial charge on any atom is -0.408 e. The van der Waals surface area contributed by atoms with Crippen LogP contribution in [0.4, 0.5) is 0 Å². The van der Waals surface area contributed by atoms with E-state index in [1.165, 1.54) is 0 Å². The van der Waals surface area contributed by atoms with Gasteiger partial charge in [-0.1, -0.05) is 6.07 Å². The summed E-state index contributed by atoms with van der Waals surface area (Å²) in [6.45, 7) is 1.98. The fraction of sp³-hybridized carbons (Fsp3) is 0.364. The van der Waals surface area contributed by atoms with Crippen molar-refractivity contribution in [2.45, 2.75) is 25.8 Å². The summed E-state index contributed by atoms with van der Waals surface area (Å²) in [7, 11) is 0. The van der Waals surface area contributed by atoms with E-state index in [1.54, 1.807) is 0 Å². The van der Waals surface area contributed by atoms with Gasteiger partial charge in [0.25, 0.3) is 0 Å². The minimum atomic E-state index is -0.408. The number of rotatable bonds is 3. The Balaban J connectivity index is 2.26. The maximum Gasteiger partial charge on any atom is 0.417 e. The van der Waals surface area contributed by atoms with Gasteiger partial charge in [0, 0.05) is 6.04 Å². The predicted molar refractivity (Wildman–Crippen MR) is 58.8 cm³/mol. The summed E-state index contributed by atoms with van der Waals surface area (Å²) in [6.07, 6.45) is 1.86. The number of H-pyrrole nitrogens is 1. The van der Waals surface area contributed by atoms with Crippen LogP contribution in [0.2, 0.25) is 0 Å². The van der Waals surface area contributed by atoms with E-state index in [2.05, 4.69) is 4.98 Å². The highest BCUT2D eigenvalue weighted by molar-refractivity contribution is 5.72. The molecule has 1 heterocycles. The lowest BCUT2D eigenvalue weighted by Gasteiger charge is -2.04. The van der Waals surface area contributed by atoms with Crippen molar-refractivity contribution in [3.63, 3.8) is 0 Å². The topological polar surface area (TPSA) is 72.0 Å². The van der Waals surface area contributed by atoms with Crippen molar-refractivity contribution in [2.75, 3.05) is 0 Å². The molecule has 2 rings (SSSR count). The molecule has 0 amide bonds. The normalized spacial score (nSPS) is 13.2. The second-order valence-electron chi connectivity index (χ2n) is 3.86. The van der Waals surface area contributed by atoms with Gasteiger partial charge in [-0.25, -0.2) is 4.79 Å². The van der Waals surface area contributed by atoms with Gasteiger partial charge in [-0.2, -0.15) is 0 Å². The Morgan fingerprint density at radius 3 is 3.07 bits per heavy atom. The van der Waals surface area contributed by atoms with Gasteiger partial charge in [-0.15, -0.1) is 0 Å². The third-order valence-electron chi connectivity index (χ3n) is 2.37. The molecule has 0 fully saturated rings. The number of hydrogen-bond acceptors (Lipinski definition) is 3. The van der Waals surface area contributed by atoms with E-state index in [0.29, 0.717) is 5.58 Å². The van der Waals surface area contributed by atoms with Crippen LogP contribution in [-0.2, 0) is 6.42 Å². The number of nitrogens with one attached hydrogen (secondary N) is 1. The first-order chi connectivity index (χ1) is 7.15. The third kappa shape index (κ3) is 2.27. The first-order valence-electron chi connectivity index (χ1n) is 5.02. The molecule has 0 aliphatic rings. The van der Waals surface area contributed by atoms with E-state index in [9.17, 15) is 4.79 Å². The van der Waals surface area contributed by atoms with Crippen LogP contribution in [0, 0.1) is 0 Å². The number of oxazole rings is 1. The summed E-state index contributed by atoms with van der Waals surface area (Å²) in [5.74, 6) is -0.408. The molecular weight excluding hydrogens is 192 g/mol. The molecule has 0 radical (unpaired) electrons. The second-order valence-corrected chi connectivity index (χ2v) is 3.86. The van der Waals surface area contributed by atoms with Crippen LogP contribution in [0.3, 0.4) is 0 Å². The molecule has 4 heteroatoms. The number of fused-ring (bicyclic) bond motifs is 1. The zero-order valence-corrected chi connectivity index (χ0v) is 8.62. The van der Waals surface area contributed by atoms with Gasteiger partial charge < -0.3 is 10.2 Å². The summed E-state index contributed by atoms with van der Waals surface area (Å²) in [5.41, 5.74) is 8.20. The van der Waals surface area contributed by atoms with E-state index in [1.807, 2.05) is 25.1 Å². The largest absolute Gasteiger partial charge is 0.417 e. The number of nitrogens with two attached hydrogens (primary N) is 1. The third-order valence-corrected chi connectivity index (χ3v) is 2.37. The van der Waals surface area contributed by atoms with Gasteiger partial charge in [0.2, 0.25) is 0 Å². The van der Waals surface area contributed by atoms with Crippen LogP contribution in [0.15, 0.2) is 27.4 Å². The molecule has 80 valence electrons. The number of hydrogen-bond donors (Lipinski definition) is 2. The Morgan fingerprint density at radius 2 is 2.33 bits per heavy atom. The molecule has 1 aromatic heterocycles. The molecule has 0 aliphatic carbocycles. The molecule has 1 aromatic carbocycles. The van der Waals surface area contributed by atoms with Crippen molar-refractivity contribution >= 4 is 11.1 Å². The van der Waals surface area contributed by atoms with Gasteiger partial charge in [-0.3, -0.25) is 4.98 Å². The van der Waals surface area contributed by atoms with Crippen LogP contribution >= 0.6 is 0 Å². The maximum atomic E-state index is 10.9. The monoisotopic (exact) mass is 206 g/mol. The van der Waals surface area contributed by atoms with E-state index in [0.717, 1.165) is 23.9 Å². The lowest BCUT2D eigenvalue weighted by atomic mass is 10.1. The lowest BCUT2D eigenvalue weighted by Crippen LogP contribution is -2.15. The fourth-order valence-corrected chi connectivity index (χ4v) is 1.55. The van der Waals surface area contributed by atoms with Crippen molar-refractivity contribution in [1.82, 2.24) is 4.98 Å². The Morgan fingerprint density at radius 1 is 1.53 bits per heavy atom. The predicted octanol–water partition coefficient (Wildman–Crippen LogP) is 1.40. The number of benzene rings is 1. The van der Waals surface area contributed by atoms with Crippen molar-refractivity contribution in [3.05, 3.63) is 34.3 Å². The smallest absolute Gasteiger partial charge is 0.408 e. The van der Waals surface area contributed by atoms with Crippen LogP contribution in [0.1, 0.15) is 18.9 Å². The van der Waals surface area contributed by atoms with E-state index >= 15 is 0 Å². The summed E-state index contributed by atoms with van der Waals surface area (Å²) in [6, 6.07) is 5.90. The van der Waals surface area contributed by atoms with E-state index in [4.69, 9.17) is 10.2 Å². The number of aryl methyl sites for hydroxylation is 1. The SMILES string of the molecule is CC(N)CCc1ccc2oc(=O)[nH]c2c1. The Kier molecular flexibility index (Phi) is 2.60. The molecule has 0 saturated carbocycles. The van der Waals surface area contributed by atoms with Crippen molar-refractivity contribution < 1.29 is 4.42 Å². The molecule has 0 saturated heterocycles. The van der Waals surface area contributed by atoms with E-state index in [-0.39, 0.29) is 6.04 Å².